The van der Waals surface area contributed by atoms with E-state index in [-0.39, 0.29) is 5.92 Å². The molecule has 0 bridgehead atoms. The summed E-state index contributed by atoms with van der Waals surface area (Å²) in [6.45, 7) is 4.13. The average Bonchev–Trinajstić information content (AvgIpc) is 2.80. The maximum absolute atomic E-state index is 10.7. The van der Waals surface area contributed by atoms with Crippen LogP contribution in [0.25, 0.3) is 4.96 Å². The molecular formula is C11H12N2OS. The summed E-state index contributed by atoms with van der Waals surface area (Å²) >= 11 is 1.67. The van der Waals surface area contributed by atoms with Gasteiger partial charge in [0.05, 0.1) is 11.4 Å². The van der Waals surface area contributed by atoms with E-state index in [4.69, 9.17) is 0 Å². The van der Waals surface area contributed by atoms with Gasteiger partial charge in [0.15, 0.2) is 4.96 Å². The number of aromatic nitrogens is 2. The van der Waals surface area contributed by atoms with E-state index in [1.807, 2.05) is 6.92 Å². The molecule has 0 N–H and O–H groups in total. The maximum Gasteiger partial charge on any atom is 0.194 e. The third-order valence-electron chi connectivity index (χ3n) is 3.12. The summed E-state index contributed by atoms with van der Waals surface area (Å²) in [6.07, 6.45) is 2.07. The zero-order chi connectivity index (χ0) is 10.6. The van der Waals surface area contributed by atoms with Gasteiger partial charge >= 0.3 is 0 Å². The van der Waals surface area contributed by atoms with Crippen LogP contribution in [0.5, 0.6) is 0 Å². The van der Waals surface area contributed by atoms with Crippen molar-refractivity contribution >= 4 is 22.6 Å². The van der Waals surface area contributed by atoms with Crippen LogP contribution in [0.15, 0.2) is 5.38 Å². The highest BCUT2D eigenvalue weighted by Gasteiger charge is 2.41. The van der Waals surface area contributed by atoms with Gasteiger partial charge in [0.2, 0.25) is 0 Å². The fraction of sp³-hybridized carbons (Fsp3) is 0.455. The van der Waals surface area contributed by atoms with Crippen LogP contribution in [-0.4, -0.2) is 15.7 Å². The molecule has 2 unspecified atom stereocenters. The molecule has 0 aromatic carbocycles. The molecule has 1 saturated carbocycles. The molecule has 0 aliphatic heterocycles. The summed E-state index contributed by atoms with van der Waals surface area (Å²) in [7, 11) is 0. The van der Waals surface area contributed by atoms with E-state index in [0.717, 1.165) is 23.4 Å². The third-order valence-corrected chi connectivity index (χ3v) is 4.06. The Morgan fingerprint density at radius 2 is 2.40 bits per heavy atom. The van der Waals surface area contributed by atoms with Gasteiger partial charge in [-0.3, -0.25) is 4.40 Å². The molecule has 2 heterocycles. The number of rotatable bonds is 2. The normalized spacial score (nSPS) is 24.7. The lowest BCUT2D eigenvalue weighted by Crippen LogP contribution is -1.95. The summed E-state index contributed by atoms with van der Waals surface area (Å²) < 4.78 is 2.20. The summed E-state index contributed by atoms with van der Waals surface area (Å²) in [5.74, 6) is 0.633. The van der Waals surface area contributed by atoms with Crippen molar-refractivity contribution in [3.05, 3.63) is 22.5 Å². The van der Waals surface area contributed by atoms with Gasteiger partial charge in [-0.25, -0.2) is 4.98 Å². The Morgan fingerprint density at radius 3 is 3.07 bits per heavy atom. The molecule has 0 amide bonds. The molecule has 1 aliphatic carbocycles. The van der Waals surface area contributed by atoms with Crippen molar-refractivity contribution in [3.8, 4) is 0 Å². The van der Waals surface area contributed by atoms with Crippen LogP contribution in [0.2, 0.25) is 0 Å². The van der Waals surface area contributed by atoms with Gasteiger partial charge in [0.25, 0.3) is 0 Å². The molecule has 78 valence electrons. The van der Waals surface area contributed by atoms with Gasteiger partial charge in [0, 0.05) is 22.9 Å². The van der Waals surface area contributed by atoms with E-state index in [9.17, 15) is 4.79 Å². The predicted octanol–water partition coefficient (Wildman–Crippen LogP) is 2.32. The number of hydrogen-bond acceptors (Lipinski definition) is 3. The highest BCUT2D eigenvalue weighted by molar-refractivity contribution is 7.15. The number of fused-ring (bicyclic) bond motifs is 1. The number of aryl methyl sites for hydroxylation is 2. The van der Waals surface area contributed by atoms with E-state index in [1.165, 1.54) is 11.4 Å². The highest BCUT2D eigenvalue weighted by atomic mass is 32.1. The molecule has 0 saturated heterocycles. The topological polar surface area (TPSA) is 34.4 Å². The van der Waals surface area contributed by atoms with Gasteiger partial charge in [-0.15, -0.1) is 11.3 Å². The van der Waals surface area contributed by atoms with Gasteiger partial charge in [0.1, 0.15) is 6.29 Å². The first-order valence-corrected chi connectivity index (χ1v) is 5.98. The van der Waals surface area contributed by atoms with Gasteiger partial charge < -0.3 is 4.79 Å². The van der Waals surface area contributed by atoms with Crippen molar-refractivity contribution in [2.45, 2.75) is 26.2 Å². The lowest BCUT2D eigenvalue weighted by molar-refractivity contribution is -0.108. The number of aldehydes is 1. The Labute approximate surface area is 91.8 Å². The Hall–Kier alpha value is -1.16. The molecule has 1 fully saturated rings. The molecule has 3 nitrogen and oxygen atoms in total. The van der Waals surface area contributed by atoms with Gasteiger partial charge in [-0.05, 0) is 20.3 Å². The number of nitrogens with zero attached hydrogens (tertiary/aromatic N) is 2. The fourth-order valence-corrected chi connectivity index (χ4v) is 3.16. The van der Waals surface area contributed by atoms with Crippen LogP contribution in [0.4, 0.5) is 0 Å². The SMILES string of the molecule is Cc1nc2scc(C)n2c1C1CC1C=O. The fourth-order valence-electron chi connectivity index (χ4n) is 2.24. The van der Waals surface area contributed by atoms with Crippen molar-refractivity contribution < 1.29 is 4.79 Å². The lowest BCUT2D eigenvalue weighted by atomic mass is 10.2. The number of imidazole rings is 1. The van der Waals surface area contributed by atoms with Crippen LogP contribution < -0.4 is 0 Å². The minimum Gasteiger partial charge on any atom is -0.303 e. The molecule has 1 aliphatic rings. The van der Waals surface area contributed by atoms with Crippen molar-refractivity contribution in [2.24, 2.45) is 5.92 Å². The van der Waals surface area contributed by atoms with E-state index < -0.39 is 0 Å². The molecule has 0 spiro atoms. The molecule has 0 radical (unpaired) electrons. The van der Waals surface area contributed by atoms with Gasteiger partial charge in [-0.2, -0.15) is 0 Å². The van der Waals surface area contributed by atoms with Crippen molar-refractivity contribution in [3.63, 3.8) is 0 Å². The van der Waals surface area contributed by atoms with E-state index in [0.29, 0.717) is 5.92 Å². The second-order valence-corrected chi connectivity index (χ2v) is 5.06. The third kappa shape index (κ3) is 1.17. The zero-order valence-corrected chi connectivity index (χ0v) is 9.54. The molecule has 2 atom stereocenters. The Balaban J connectivity index is 2.19. The Kier molecular flexibility index (Phi) is 1.77. The van der Waals surface area contributed by atoms with Crippen LogP contribution in [0, 0.1) is 19.8 Å². The van der Waals surface area contributed by atoms with Crippen LogP contribution in [-0.2, 0) is 4.79 Å². The molecule has 2 aromatic rings. The summed E-state index contributed by atoms with van der Waals surface area (Å²) in [4.78, 5) is 16.3. The maximum atomic E-state index is 10.7. The standard InChI is InChI=1S/C11H12N2OS/c1-6-5-15-11-12-7(2)10(13(6)11)9-3-8(9)4-14/h4-5,8-9H,3H2,1-2H3. The van der Waals surface area contributed by atoms with E-state index in [2.05, 4.69) is 21.7 Å². The number of carbonyl (C=O) groups is 1. The molecule has 2 aromatic heterocycles. The second-order valence-electron chi connectivity index (χ2n) is 4.22. The largest absolute Gasteiger partial charge is 0.303 e. The summed E-state index contributed by atoms with van der Waals surface area (Å²) in [6, 6.07) is 0. The van der Waals surface area contributed by atoms with Crippen LogP contribution in [0.1, 0.15) is 29.4 Å². The minimum absolute atomic E-state index is 0.225. The zero-order valence-electron chi connectivity index (χ0n) is 8.73. The first-order valence-electron chi connectivity index (χ1n) is 5.10. The monoisotopic (exact) mass is 220 g/mol. The second kappa shape index (κ2) is 2.92. The van der Waals surface area contributed by atoms with Gasteiger partial charge in [-0.1, -0.05) is 0 Å². The quantitative estimate of drug-likeness (QED) is 0.728. The van der Waals surface area contributed by atoms with Crippen LogP contribution >= 0.6 is 11.3 Å². The first-order chi connectivity index (χ1) is 7.22. The number of hydrogen-bond donors (Lipinski definition) is 0. The van der Waals surface area contributed by atoms with Crippen LogP contribution in [0.3, 0.4) is 0 Å². The minimum atomic E-state index is 0.225. The summed E-state index contributed by atoms with van der Waals surface area (Å²) in [5, 5.41) is 2.11. The molecule has 4 heteroatoms. The Morgan fingerprint density at radius 1 is 1.60 bits per heavy atom. The van der Waals surface area contributed by atoms with Crippen molar-refractivity contribution in [1.29, 1.82) is 0 Å². The van der Waals surface area contributed by atoms with Crippen molar-refractivity contribution in [2.75, 3.05) is 0 Å². The predicted molar refractivity (Wildman–Crippen MR) is 59.5 cm³/mol. The van der Waals surface area contributed by atoms with E-state index >= 15 is 0 Å². The number of carbonyl (C=O) groups excluding carboxylic acids is 1. The smallest absolute Gasteiger partial charge is 0.194 e. The molecular weight excluding hydrogens is 208 g/mol. The van der Waals surface area contributed by atoms with E-state index in [1.54, 1.807) is 11.3 Å². The molecule has 3 rings (SSSR count). The first kappa shape index (κ1) is 9.09. The molecule has 15 heavy (non-hydrogen) atoms. The van der Waals surface area contributed by atoms with Crippen molar-refractivity contribution in [1.82, 2.24) is 9.38 Å². The number of thiazole rings is 1. The summed E-state index contributed by atoms with van der Waals surface area (Å²) in [5.41, 5.74) is 3.56. The highest BCUT2D eigenvalue weighted by Crippen LogP contribution is 2.47. The lowest BCUT2D eigenvalue weighted by Gasteiger charge is -1.99. The Bertz CT molecular complexity index is 540. The average molecular weight is 220 g/mol.